The molecule has 1 aromatic rings. The molecule has 2 amide bonds. The average Bonchev–Trinajstić information content (AvgIpc) is 3.15. The molecule has 2 N–H and O–H groups in total. The Hall–Kier alpha value is -2.71. The molecule has 0 saturated heterocycles. The Morgan fingerprint density at radius 1 is 1.31 bits per heavy atom. The third-order valence-electron chi connectivity index (χ3n) is 5.29. The highest BCUT2D eigenvalue weighted by atomic mass is 16.5. The van der Waals surface area contributed by atoms with Crippen LogP contribution in [-0.4, -0.2) is 52.5 Å². The van der Waals surface area contributed by atoms with Crippen LogP contribution in [0, 0.1) is 17.3 Å². The minimum atomic E-state index is -0.798. The van der Waals surface area contributed by atoms with Crippen LogP contribution in [0.5, 0.6) is 0 Å². The highest BCUT2D eigenvalue weighted by molar-refractivity contribution is 6.37. The fourth-order valence-electron chi connectivity index (χ4n) is 3.52. The summed E-state index contributed by atoms with van der Waals surface area (Å²) in [6.07, 6.45) is 4.47. The van der Waals surface area contributed by atoms with Crippen molar-refractivity contribution in [3.05, 3.63) is 18.0 Å². The van der Waals surface area contributed by atoms with Crippen LogP contribution in [0.25, 0.3) is 0 Å². The van der Waals surface area contributed by atoms with Crippen molar-refractivity contribution in [3.63, 3.8) is 0 Å². The smallest absolute Gasteiger partial charge is 0.407 e. The molecule has 0 aliphatic carbocycles. The summed E-state index contributed by atoms with van der Waals surface area (Å²) in [7, 11) is 0. The lowest BCUT2D eigenvalue weighted by molar-refractivity contribution is -0.141. The molecule has 1 aliphatic heterocycles. The Bertz CT molecular complexity index is 825. The van der Waals surface area contributed by atoms with E-state index in [0.29, 0.717) is 32.4 Å². The molecule has 9 heteroatoms. The number of hydrogen-bond acceptors (Lipinski definition) is 6. The van der Waals surface area contributed by atoms with Gasteiger partial charge in [0.2, 0.25) is 5.78 Å². The Morgan fingerprint density at radius 2 is 2.03 bits per heavy atom. The third kappa shape index (κ3) is 8.09. The zero-order valence-electron chi connectivity index (χ0n) is 19.8. The van der Waals surface area contributed by atoms with Gasteiger partial charge < -0.3 is 15.4 Å². The molecular weight excluding hydrogens is 412 g/mol. The van der Waals surface area contributed by atoms with E-state index in [1.165, 1.54) is 0 Å². The van der Waals surface area contributed by atoms with E-state index in [1.807, 2.05) is 45.5 Å². The number of nitrogens with zero attached hydrogens (tertiary/aromatic N) is 2. The lowest BCUT2D eigenvalue weighted by Gasteiger charge is -2.24. The van der Waals surface area contributed by atoms with E-state index in [4.69, 9.17) is 4.74 Å². The predicted octanol–water partition coefficient (Wildman–Crippen LogP) is 2.28. The van der Waals surface area contributed by atoms with Crippen molar-refractivity contribution in [1.29, 1.82) is 0 Å². The number of aryl methyl sites for hydroxylation is 1. The van der Waals surface area contributed by atoms with Gasteiger partial charge in [-0.15, -0.1) is 0 Å². The fourth-order valence-corrected chi connectivity index (χ4v) is 3.52. The molecule has 2 unspecified atom stereocenters. The molecule has 0 radical (unpaired) electrons. The number of ketones is 2. The largest absolute Gasteiger partial charge is 0.449 e. The molecule has 178 valence electrons. The molecule has 1 aliphatic rings. The summed E-state index contributed by atoms with van der Waals surface area (Å²) in [6, 6.07) is -0.798. The van der Waals surface area contributed by atoms with Crippen molar-refractivity contribution in [2.75, 3.05) is 13.2 Å². The van der Waals surface area contributed by atoms with Crippen LogP contribution in [0.4, 0.5) is 4.79 Å². The van der Waals surface area contributed by atoms with Crippen LogP contribution in [0.2, 0.25) is 0 Å². The first-order chi connectivity index (χ1) is 15.0. The highest BCUT2D eigenvalue weighted by Gasteiger charge is 2.32. The number of carbonyl (C=O) groups is 4. The third-order valence-corrected chi connectivity index (χ3v) is 5.29. The number of hydrogen-bond donors (Lipinski definition) is 2. The van der Waals surface area contributed by atoms with Gasteiger partial charge in [0.1, 0.15) is 0 Å². The molecule has 0 saturated carbocycles. The number of ether oxygens (including phenoxy) is 1. The number of alkyl carbamates (subject to hydrolysis) is 1. The Balaban J connectivity index is 2.05. The summed E-state index contributed by atoms with van der Waals surface area (Å²) < 4.78 is 7.04. The number of nitrogens with one attached hydrogen (secondary N) is 2. The molecule has 0 fully saturated rings. The maximum atomic E-state index is 13.0. The summed E-state index contributed by atoms with van der Waals surface area (Å²) in [4.78, 5) is 50.4. The van der Waals surface area contributed by atoms with E-state index in [9.17, 15) is 19.2 Å². The van der Waals surface area contributed by atoms with E-state index in [1.54, 1.807) is 6.20 Å². The van der Waals surface area contributed by atoms with Crippen molar-refractivity contribution in [2.24, 2.45) is 17.3 Å². The topological polar surface area (TPSA) is 119 Å². The molecule has 2 bridgehead atoms. The summed E-state index contributed by atoms with van der Waals surface area (Å²) >= 11 is 0. The molecule has 2 heterocycles. The Labute approximate surface area is 189 Å². The zero-order chi connectivity index (χ0) is 23.9. The van der Waals surface area contributed by atoms with E-state index in [0.717, 1.165) is 5.56 Å². The Morgan fingerprint density at radius 3 is 2.69 bits per heavy atom. The van der Waals surface area contributed by atoms with Gasteiger partial charge in [-0.1, -0.05) is 34.6 Å². The molecule has 1 aromatic heterocycles. The number of rotatable bonds is 6. The van der Waals surface area contributed by atoms with Crippen LogP contribution >= 0.6 is 0 Å². The van der Waals surface area contributed by atoms with Crippen LogP contribution in [0.1, 0.15) is 59.4 Å². The molecule has 0 aromatic carbocycles. The van der Waals surface area contributed by atoms with Gasteiger partial charge in [-0.25, -0.2) is 4.79 Å². The second kappa shape index (κ2) is 11.2. The zero-order valence-corrected chi connectivity index (χ0v) is 19.8. The van der Waals surface area contributed by atoms with Crippen LogP contribution in [0.15, 0.2) is 12.4 Å². The Kier molecular flexibility index (Phi) is 8.98. The number of fused-ring (bicyclic) bond motifs is 2. The maximum absolute atomic E-state index is 13.0. The van der Waals surface area contributed by atoms with Crippen LogP contribution in [0.3, 0.4) is 0 Å². The van der Waals surface area contributed by atoms with Gasteiger partial charge in [0.05, 0.1) is 18.8 Å². The van der Waals surface area contributed by atoms with Gasteiger partial charge in [0.25, 0.3) is 5.91 Å². The molecule has 2 atom stereocenters. The monoisotopic (exact) mass is 448 g/mol. The molecular formula is C23H36N4O5. The van der Waals surface area contributed by atoms with Gasteiger partial charge in [-0.3, -0.25) is 19.1 Å². The minimum Gasteiger partial charge on any atom is -0.449 e. The van der Waals surface area contributed by atoms with Gasteiger partial charge in [-0.05, 0) is 36.2 Å². The first kappa shape index (κ1) is 25.5. The lowest BCUT2D eigenvalue weighted by Crippen LogP contribution is -2.46. The lowest BCUT2D eigenvalue weighted by atomic mass is 9.87. The van der Waals surface area contributed by atoms with Gasteiger partial charge in [-0.2, -0.15) is 5.10 Å². The second-order valence-electron chi connectivity index (χ2n) is 9.99. The molecule has 32 heavy (non-hydrogen) atoms. The summed E-state index contributed by atoms with van der Waals surface area (Å²) in [5.74, 6) is -2.48. The number of carbonyl (C=O) groups excluding carboxylic acids is 4. The van der Waals surface area contributed by atoms with Crippen molar-refractivity contribution in [2.45, 2.75) is 72.9 Å². The first-order valence-electron chi connectivity index (χ1n) is 11.3. The minimum absolute atomic E-state index is 0.112. The predicted molar refractivity (Wildman–Crippen MR) is 119 cm³/mol. The highest BCUT2D eigenvalue weighted by Crippen LogP contribution is 2.19. The second-order valence-corrected chi connectivity index (χ2v) is 9.99. The number of Topliss-reactive ketones (excluding diaryl/α,β-unsaturated/α-hetero) is 2. The SMILES string of the molecule is CC(C)C(NC(=O)OCC(C)(C)C)C(=O)CC1CCCn2cc(cn2)CCNC(=O)C1=O. The van der Waals surface area contributed by atoms with Crippen LogP contribution < -0.4 is 10.6 Å². The van der Waals surface area contributed by atoms with E-state index in [2.05, 4.69) is 15.7 Å². The number of amides is 2. The number of aromatic nitrogens is 2. The molecule has 2 rings (SSSR count). The van der Waals surface area contributed by atoms with E-state index < -0.39 is 29.7 Å². The maximum Gasteiger partial charge on any atom is 0.407 e. The van der Waals surface area contributed by atoms with E-state index >= 15 is 0 Å². The van der Waals surface area contributed by atoms with Gasteiger partial charge in [0, 0.05) is 31.6 Å². The standard InChI is InChI=1S/C23H36N4O5/c1-15(2)19(26-22(31)32-14-23(3,4)5)18(28)11-17-7-6-10-27-13-16(12-25-27)8-9-24-21(30)20(17)29/h12-13,15,17,19H,6-11,14H2,1-5H3,(H,24,30)(H,26,31). The fraction of sp³-hybridized carbons (Fsp3) is 0.696. The van der Waals surface area contributed by atoms with Crippen molar-refractivity contribution >= 4 is 23.6 Å². The van der Waals surface area contributed by atoms with E-state index in [-0.39, 0.29) is 30.1 Å². The normalized spacial score (nSPS) is 18.9. The van der Waals surface area contributed by atoms with Gasteiger partial charge >= 0.3 is 6.09 Å². The summed E-state index contributed by atoms with van der Waals surface area (Å²) in [5, 5.41) is 9.57. The average molecular weight is 449 g/mol. The van der Waals surface area contributed by atoms with Crippen molar-refractivity contribution in [1.82, 2.24) is 20.4 Å². The summed E-state index contributed by atoms with van der Waals surface area (Å²) in [6.45, 7) is 10.6. The quantitative estimate of drug-likeness (QED) is 0.645. The van der Waals surface area contributed by atoms with Crippen LogP contribution in [-0.2, 0) is 32.1 Å². The molecule has 0 spiro atoms. The summed E-state index contributed by atoms with van der Waals surface area (Å²) in [5.41, 5.74) is 0.798. The first-order valence-corrected chi connectivity index (χ1v) is 11.3. The van der Waals surface area contributed by atoms with Crippen molar-refractivity contribution in [3.8, 4) is 0 Å². The van der Waals surface area contributed by atoms with Crippen molar-refractivity contribution < 1.29 is 23.9 Å². The van der Waals surface area contributed by atoms with Gasteiger partial charge in [0.15, 0.2) is 5.78 Å². The molecule has 9 nitrogen and oxygen atoms in total.